The van der Waals surface area contributed by atoms with Crippen molar-refractivity contribution >= 4 is 28.9 Å². The summed E-state index contributed by atoms with van der Waals surface area (Å²) < 4.78 is 0. The second-order valence-electron chi connectivity index (χ2n) is 4.95. The molecule has 1 aliphatic heterocycles. The first-order valence-corrected chi connectivity index (χ1v) is 6.57. The summed E-state index contributed by atoms with van der Waals surface area (Å²) in [6, 6.07) is 5.94. The van der Waals surface area contributed by atoms with E-state index in [4.69, 9.17) is 5.73 Å². The number of H-pyrrole nitrogens is 1. The van der Waals surface area contributed by atoms with Crippen LogP contribution in [0.25, 0.3) is 22.3 Å². The van der Waals surface area contributed by atoms with Crippen LogP contribution in [0.3, 0.4) is 0 Å². The molecular formula is C14H12N6O. The summed E-state index contributed by atoms with van der Waals surface area (Å²) in [6.07, 6.45) is 3.11. The molecule has 0 aliphatic carbocycles. The Morgan fingerprint density at radius 1 is 1.33 bits per heavy atom. The average molecular weight is 280 g/mol. The Morgan fingerprint density at radius 2 is 2.24 bits per heavy atom. The predicted octanol–water partition coefficient (Wildman–Crippen LogP) is 1.12. The number of aromatic amines is 1. The number of nitrogen functional groups attached to an aromatic ring is 1. The molecule has 1 aromatic carbocycles. The van der Waals surface area contributed by atoms with E-state index < -0.39 is 0 Å². The van der Waals surface area contributed by atoms with Crippen molar-refractivity contribution in [1.29, 1.82) is 0 Å². The molecule has 0 saturated carbocycles. The number of amides is 1. The van der Waals surface area contributed by atoms with Gasteiger partial charge in [0, 0.05) is 17.8 Å². The number of anilines is 2. The Labute approximate surface area is 119 Å². The van der Waals surface area contributed by atoms with Gasteiger partial charge < -0.3 is 10.6 Å². The molecule has 7 heteroatoms. The summed E-state index contributed by atoms with van der Waals surface area (Å²) in [5.41, 5.74) is 10.3. The number of nitrogens with one attached hydrogen (secondary N) is 1. The molecule has 0 bridgehead atoms. The first-order chi connectivity index (χ1) is 10.3. The monoisotopic (exact) mass is 280 g/mol. The summed E-state index contributed by atoms with van der Waals surface area (Å²) in [6.45, 7) is 0.720. The molecule has 3 heterocycles. The molecule has 0 fully saturated rings. The number of fused-ring (bicyclic) bond motifs is 2. The van der Waals surface area contributed by atoms with E-state index in [1.807, 2.05) is 12.1 Å². The van der Waals surface area contributed by atoms with Gasteiger partial charge >= 0.3 is 0 Å². The van der Waals surface area contributed by atoms with E-state index in [0.29, 0.717) is 11.5 Å². The lowest BCUT2D eigenvalue weighted by atomic mass is 10.0. The highest BCUT2D eigenvalue weighted by atomic mass is 16.1. The number of carbonyl (C=O) groups is 1. The van der Waals surface area contributed by atoms with Crippen molar-refractivity contribution in [2.45, 2.75) is 6.42 Å². The number of hydrogen-bond acceptors (Lipinski definition) is 5. The Kier molecular flexibility index (Phi) is 2.41. The molecule has 2 aromatic heterocycles. The topological polar surface area (TPSA) is 101 Å². The zero-order valence-electron chi connectivity index (χ0n) is 11.1. The summed E-state index contributed by atoms with van der Waals surface area (Å²) in [5.74, 6) is 0.402. The highest BCUT2D eigenvalue weighted by molar-refractivity contribution is 5.98. The van der Waals surface area contributed by atoms with Gasteiger partial charge in [-0.3, -0.25) is 9.89 Å². The predicted molar refractivity (Wildman–Crippen MR) is 78.6 cm³/mol. The molecule has 4 rings (SSSR count). The van der Waals surface area contributed by atoms with Crippen LogP contribution >= 0.6 is 0 Å². The summed E-state index contributed by atoms with van der Waals surface area (Å²) >= 11 is 0. The van der Waals surface area contributed by atoms with Gasteiger partial charge in [0.1, 0.15) is 12.1 Å². The Morgan fingerprint density at radius 3 is 3.10 bits per heavy atom. The van der Waals surface area contributed by atoms with Gasteiger partial charge in [0.15, 0.2) is 5.65 Å². The third kappa shape index (κ3) is 1.67. The SMILES string of the molecule is Nc1ncnc2n[nH]c(-c3ccc4c(c3)CCN4C=O)c12. The number of nitrogens with two attached hydrogens (primary N) is 1. The maximum absolute atomic E-state index is 11.0. The third-order valence-electron chi connectivity index (χ3n) is 3.81. The van der Waals surface area contributed by atoms with Crippen LogP contribution in [-0.2, 0) is 11.2 Å². The van der Waals surface area contributed by atoms with Gasteiger partial charge in [0.25, 0.3) is 0 Å². The van der Waals surface area contributed by atoms with Crippen LogP contribution in [0.4, 0.5) is 11.5 Å². The van der Waals surface area contributed by atoms with Gasteiger partial charge in [-0.15, -0.1) is 0 Å². The van der Waals surface area contributed by atoms with Crippen LogP contribution in [0.1, 0.15) is 5.56 Å². The minimum atomic E-state index is 0.402. The van der Waals surface area contributed by atoms with E-state index in [2.05, 4.69) is 26.2 Å². The molecule has 3 N–H and O–H groups in total. The van der Waals surface area contributed by atoms with E-state index in [0.717, 1.165) is 47.3 Å². The Balaban J connectivity index is 1.89. The minimum absolute atomic E-state index is 0.402. The average Bonchev–Trinajstić information content (AvgIpc) is 3.10. The van der Waals surface area contributed by atoms with Crippen molar-refractivity contribution in [3.05, 3.63) is 30.1 Å². The molecule has 7 nitrogen and oxygen atoms in total. The quantitative estimate of drug-likeness (QED) is 0.685. The van der Waals surface area contributed by atoms with E-state index >= 15 is 0 Å². The lowest BCUT2D eigenvalue weighted by molar-refractivity contribution is -0.107. The smallest absolute Gasteiger partial charge is 0.214 e. The Hall–Kier alpha value is -2.96. The van der Waals surface area contributed by atoms with Gasteiger partial charge in [-0.2, -0.15) is 5.10 Å². The molecule has 1 aliphatic rings. The number of benzene rings is 1. The third-order valence-corrected chi connectivity index (χ3v) is 3.81. The van der Waals surface area contributed by atoms with E-state index in [9.17, 15) is 4.79 Å². The van der Waals surface area contributed by atoms with E-state index in [1.165, 1.54) is 6.33 Å². The molecule has 0 atom stereocenters. The first kappa shape index (κ1) is 11.8. The number of carbonyl (C=O) groups excluding carboxylic acids is 1. The summed E-state index contributed by atoms with van der Waals surface area (Å²) in [5, 5.41) is 7.85. The molecule has 0 saturated heterocycles. The number of aromatic nitrogens is 4. The largest absolute Gasteiger partial charge is 0.383 e. The summed E-state index contributed by atoms with van der Waals surface area (Å²) in [4.78, 5) is 20.8. The molecule has 1 amide bonds. The second-order valence-corrected chi connectivity index (χ2v) is 4.95. The van der Waals surface area contributed by atoms with Gasteiger partial charge in [-0.1, -0.05) is 6.07 Å². The lowest BCUT2D eigenvalue weighted by Crippen LogP contribution is -2.17. The lowest BCUT2D eigenvalue weighted by Gasteiger charge is -2.10. The van der Waals surface area contributed by atoms with Gasteiger partial charge in [-0.25, -0.2) is 9.97 Å². The molecule has 21 heavy (non-hydrogen) atoms. The molecule has 3 aromatic rings. The summed E-state index contributed by atoms with van der Waals surface area (Å²) in [7, 11) is 0. The van der Waals surface area contributed by atoms with Crippen molar-refractivity contribution < 1.29 is 4.79 Å². The second kappa shape index (κ2) is 4.27. The minimum Gasteiger partial charge on any atom is -0.383 e. The highest BCUT2D eigenvalue weighted by Crippen LogP contribution is 2.34. The van der Waals surface area contributed by atoms with Gasteiger partial charge in [0.05, 0.1) is 11.1 Å². The number of hydrogen-bond donors (Lipinski definition) is 2. The standard InChI is InChI=1S/C14H12N6O/c15-13-11-12(18-19-14(11)17-6-16-13)9-1-2-10-8(5-9)3-4-20(10)7-21/h1-2,5-7H,3-4H2,(H3,15,16,17,18,19). The van der Waals surface area contributed by atoms with Gasteiger partial charge in [0.2, 0.25) is 6.41 Å². The zero-order valence-corrected chi connectivity index (χ0v) is 11.1. The van der Waals surface area contributed by atoms with Crippen molar-refractivity contribution in [1.82, 2.24) is 20.2 Å². The molecule has 0 radical (unpaired) electrons. The molecule has 104 valence electrons. The maximum atomic E-state index is 11.0. The fourth-order valence-corrected chi connectivity index (χ4v) is 2.78. The number of nitrogens with zero attached hydrogens (tertiary/aromatic N) is 4. The van der Waals surface area contributed by atoms with Crippen molar-refractivity contribution in [2.24, 2.45) is 0 Å². The van der Waals surface area contributed by atoms with Crippen molar-refractivity contribution in [3.8, 4) is 11.3 Å². The van der Waals surface area contributed by atoms with Crippen LogP contribution in [0.5, 0.6) is 0 Å². The first-order valence-electron chi connectivity index (χ1n) is 6.57. The van der Waals surface area contributed by atoms with Crippen molar-refractivity contribution in [2.75, 3.05) is 17.2 Å². The molecule has 0 spiro atoms. The van der Waals surface area contributed by atoms with E-state index in [1.54, 1.807) is 4.90 Å². The highest BCUT2D eigenvalue weighted by Gasteiger charge is 2.20. The molecule has 0 unspecified atom stereocenters. The van der Waals surface area contributed by atoms with Crippen molar-refractivity contribution in [3.63, 3.8) is 0 Å². The van der Waals surface area contributed by atoms with E-state index in [-0.39, 0.29) is 0 Å². The fraction of sp³-hybridized carbons (Fsp3) is 0.143. The van der Waals surface area contributed by atoms with Crippen LogP contribution in [0, 0.1) is 0 Å². The van der Waals surface area contributed by atoms with Crippen LogP contribution in [0.15, 0.2) is 24.5 Å². The normalized spacial score (nSPS) is 13.6. The van der Waals surface area contributed by atoms with Gasteiger partial charge in [-0.05, 0) is 24.1 Å². The van der Waals surface area contributed by atoms with Crippen LogP contribution in [-0.4, -0.2) is 33.1 Å². The van der Waals surface area contributed by atoms with Crippen LogP contribution in [0.2, 0.25) is 0 Å². The maximum Gasteiger partial charge on any atom is 0.214 e. The molecular weight excluding hydrogens is 268 g/mol. The Bertz CT molecular complexity index is 856. The zero-order chi connectivity index (χ0) is 14.4. The van der Waals surface area contributed by atoms with Crippen LogP contribution < -0.4 is 10.6 Å². The fourth-order valence-electron chi connectivity index (χ4n) is 2.78. The number of rotatable bonds is 2.